The van der Waals surface area contributed by atoms with Crippen LogP contribution in [-0.4, -0.2) is 37.5 Å². The largest absolute Gasteiger partial charge is 0.356 e. The van der Waals surface area contributed by atoms with Gasteiger partial charge >= 0.3 is 0 Å². The molecule has 148 valence electrons. The molecule has 1 aromatic heterocycles. The summed E-state index contributed by atoms with van der Waals surface area (Å²) in [6, 6.07) is 10.9. The molecule has 27 heavy (non-hydrogen) atoms. The molecule has 0 amide bonds. The van der Waals surface area contributed by atoms with E-state index in [-0.39, 0.29) is 29.8 Å². The van der Waals surface area contributed by atoms with Crippen molar-refractivity contribution < 1.29 is 4.39 Å². The topological polar surface area (TPSA) is 39.7 Å². The van der Waals surface area contributed by atoms with Gasteiger partial charge in [0.05, 0.1) is 0 Å². The van der Waals surface area contributed by atoms with E-state index in [2.05, 4.69) is 38.0 Å². The first kappa shape index (κ1) is 22.1. The maximum absolute atomic E-state index is 13.0. The highest BCUT2D eigenvalue weighted by Gasteiger charge is 2.20. The third-order valence-corrected chi connectivity index (χ3v) is 5.58. The van der Waals surface area contributed by atoms with Crippen molar-refractivity contribution in [2.24, 2.45) is 10.9 Å². The van der Waals surface area contributed by atoms with Crippen LogP contribution in [0.1, 0.15) is 23.3 Å². The summed E-state index contributed by atoms with van der Waals surface area (Å²) in [4.78, 5) is 8.29. The lowest BCUT2D eigenvalue weighted by Crippen LogP contribution is -2.44. The molecule has 1 aliphatic heterocycles. The van der Waals surface area contributed by atoms with Gasteiger partial charge in [-0.15, -0.1) is 35.3 Å². The maximum atomic E-state index is 13.0. The van der Waals surface area contributed by atoms with Crippen molar-refractivity contribution in [1.29, 1.82) is 0 Å². The zero-order valence-corrected chi connectivity index (χ0v) is 18.8. The molecular formula is C20H28FIN4S. The summed E-state index contributed by atoms with van der Waals surface area (Å²) in [7, 11) is 1.78. The normalized spacial score (nSPS) is 18.0. The minimum absolute atomic E-state index is 0. The molecule has 0 saturated carbocycles. The first-order valence-corrected chi connectivity index (χ1v) is 10.0. The van der Waals surface area contributed by atoms with Crippen LogP contribution in [0.4, 0.5) is 4.39 Å². The highest BCUT2D eigenvalue weighted by atomic mass is 127. The van der Waals surface area contributed by atoms with E-state index in [0.29, 0.717) is 12.5 Å². The molecule has 1 aromatic carbocycles. The molecule has 1 saturated heterocycles. The van der Waals surface area contributed by atoms with E-state index in [4.69, 9.17) is 0 Å². The smallest absolute Gasteiger partial charge is 0.191 e. The lowest BCUT2D eigenvalue weighted by atomic mass is 9.98. The first-order valence-electron chi connectivity index (χ1n) is 9.16. The van der Waals surface area contributed by atoms with Crippen molar-refractivity contribution in [3.05, 3.63) is 58.0 Å². The van der Waals surface area contributed by atoms with E-state index >= 15 is 0 Å². The van der Waals surface area contributed by atoms with Crippen LogP contribution in [0.3, 0.4) is 0 Å². The molecule has 2 heterocycles. The number of likely N-dealkylation sites (tertiary alicyclic amines) is 1. The number of nitrogens with one attached hydrogen (secondary N) is 2. The van der Waals surface area contributed by atoms with E-state index in [1.807, 2.05) is 11.3 Å². The summed E-state index contributed by atoms with van der Waals surface area (Å²) >= 11 is 1.84. The Morgan fingerprint density at radius 1 is 1.26 bits per heavy atom. The quantitative estimate of drug-likeness (QED) is 0.355. The Morgan fingerprint density at radius 2 is 2.07 bits per heavy atom. The number of benzene rings is 1. The van der Waals surface area contributed by atoms with Crippen LogP contribution in [0.15, 0.2) is 46.8 Å². The number of halogens is 2. The Hall–Kier alpha value is -1.19. The number of guanidine groups is 1. The lowest BCUT2D eigenvalue weighted by Gasteiger charge is -2.32. The summed E-state index contributed by atoms with van der Waals surface area (Å²) in [6.07, 6.45) is 2.50. The molecular weight excluding hydrogens is 474 g/mol. The maximum Gasteiger partial charge on any atom is 0.191 e. The Bertz CT molecular complexity index is 691. The fourth-order valence-corrected chi connectivity index (χ4v) is 4.08. The number of hydrogen-bond acceptors (Lipinski definition) is 3. The molecule has 2 aromatic rings. The highest BCUT2D eigenvalue weighted by molar-refractivity contribution is 14.0. The van der Waals surface area contributed by atoms with Crippen molar-refractivity contribution in [2.75, 3.05) is 26.7 Å². The van der Waals surface area contributed by atoms with E-state index in [1.165, 1.54) is 36.4 Å². The van der Waals surface area contributed by atoms with Crippen LogP contribution in [0.2, 0.25) is 0 Å². The molecule has 0 bridgehead atoms. The summed E-state index contributed by atoms with van der Waals surface area (Å²) in [5.41, 5.74) is 1.04. The Balaban J connectivity index is 0.00000261. The second-order valence-electron chi connectivity index (χ2n) is 6.76. The minimum atomic E-state index is -0.208. The summed E-state index contributed by atoms with van der Waals surface area (Å²) in [6.45, 7) is 4.93. The Morgan fingerprint density at radius 3 is 2.78 bits per heavy atom. The van der Waals surface area contributed by atoms with Crippen LogP contribution in [0, 0.1) is 11.7 Å². The fourth-order valence-electron chi connectivity index (χ4n) is 3.33. The number of rotatable bonds is 6. The molecule has 1 fully saturated rings. The summed E-state index contributed by atoms with van der Waals surface area (Å²) in [5, 5.41) is 8.89. The fraction of sp³-hybridized carbons (Fsp3) is 0.450. The van der Waals surface area contributed by atoms with E-state index in [1.54, 1.807) is 19.2 Å². The van der Waals surface area contributed by atoms with E-state index < -0.39 is 0 Å². The lowest BCUT2D eigenvalue weighted by molar-refractivity contribution is 0.169. The standard InChI is InChI=1S/C20H27FN4S.HI/c1-22-20(23-12-16-6-8-18(21)9-7-16)24-13-17-4-2-10-25(14-17)15-19-5-3-11-26-19;/h3,5-9,11,17H,2,4,10,12-15H2,1H3,(H2,22,23,24);1H. The van der Waals surface area contributed by atoms with Crippen molar-refractivity contribution in [3.8, 4) is 0 Å². The van der Waals surface area contributed by atoms with Gasteiger partial charge in [-0.1, -0.05) is 18.2 Å². The van der Waals surface area contributed by atoms with Gasteiger partial charge in [0.2, 0.25) is 0 Å². The van der Waals surface area contributed by atoms with Crippen LogP contribution >= 0.6 is 35.3 Å². The highest BCUT2D eigenvalue weighted by Crippen LogP contribution is 2.19. The van der Waals surface area contributed by atoms with Gasteiger partial charge < -0.3 is 10.6 Å². The number of hydrogen-bond donors (Lipinski definition) is 2. The van der Waals surface area contributed by atoms with E-state index in [9.17, 15) is 4.39 Å². The predicted octanol–water partition coefficient (Wildman–Crippen LogP) is 4.08. The van der Waals surface area contributed by atoms with Crippen LogP contribution in [0.5, 0.6) is 0 Å². The van der Waals surface area contributed by atoms with Crippen molar-refractivity contribution in [3.63, 3.8) is 0 Å². The van der Waals surface area contributed by atoms with Gasteiger partial charge in [-0.25, -0.2) is 4.39 Å². The zero-order valence-electron chi connectivity index (χ0n) is 15.7. The number of aliphatic imine (C=N–C) groups is 1. The Kier molecular flexibility index (Phi) is 9.50. The minimum Gasteiger partial charge on any atom is -0.356 e. The second kappa shape index (κ2) is 11.6. The van der Waals surface area contributed by atoms with Gasteiger partial charge in [0.25, 0.3) is 0 Å². The number of piperidine rings is 1. The van der Waals surface area contributed by atoms with Crippen molar-refractivity contribution >= 4 is 41.3 Å². The molecule has 3 rings (SSSR count). The monoisotopic (exact) mass is 502 g/mol. The third-order valence-electron chi connectivity index (χ3n) is 4.72. The van der Waals surface area contributed by atoms with Crippen molar-refractivity contribution in [2.45, 2.75) is 25.9 Å². The van der Waals surface area contributed by atoms with Gasteiger partial charge in [0.15, 0.2) is 5.96 Å². The first-order chi connectivity index (χ1) is 12.7. The third kappa shape index (κ3) is 7.38. The second-order valence-corrected chi connectivity index (χ2v) is 7.79. The summed E-state index contributed by atoms with van der Waals surface area (Å²) in [5.74, 6) is 1.22. The summed E-state index contributed by atoms with van der Waals surface area (Å²) < 4.78 is 13.0. The molecule has 1 unspecified atom stereocenters. The zero-order chi connectivity index (χ0) is 18.2. The van der Waals surface area contributed by atoms with Gasteiger partial charge in [-0.2, -0.15) is 0 Å². The van der Waals surface area contributed by atoms with E-state index in [0.717, 1.165) is 31.2 Å². The molecule has 2 N–H and O–H groups in total. The van der Waals surface area contributed by atoms with Gasteiger partial charge in [-0.05, 0) is 54.4 Å². The van der Waals surface area contributed by atoms with Gasteiger partial charge in [-0.3, -0.25) is 9.89 Å². The van der Waals surface area contributed by atoms with Crippen molar-refractivity contribution in [1.82, 2.24) is 15.5 Å². The van der Waals surface area contributed by atoms with Crippen LogP contribution in [0.25, 0.3) is 0 Å². The van der Waals surface area contributed by atoms with Crippen LogP contribution in [-0.2, 0) is 13.1 Å². The number of thiophene rings is 1. The average molecular weight is 502 g/mol. The molecule has 1 atom stereocenters. The predicted molar refractivity (Wildman–Crippen MR) is 122 cm³/mol. The van der Waals surface area contributed by atoms with Gasteiger partial charge in [0, 0.05) is 38.1 Å². The SMILES string of the molecule is CN=C(NCc1ccc(F)cc1)NCC1CCCN(Cc2cccs2)C1.I. The molecule has 7 heteroatoms. The molecule has 1 aliphatic rings. The molecule has 0 spiro atoms. The average Bonchev–Trinajstić information content (AvgIpc) is 3.16. The van der Waals surface area contributed by atoms with Crippen LogP contribution < -0.4 is 10.6 Å². The number of nitrogens with zero attached hydrogens (tertiary/aromatic N) is 2. The Labute approximate surface area is 182 Å². The molecule has 4 nitrogen and oxygen atoms in total. The molecule has 0 radical (unpaired) electrons. The molecule has 0 aliphatic carbocycles. The van der Waals surface area contributed by atoms with Gasteiger partial charge in [0.1, 0.15) is 5.82 Å².